The van der Waals surface area contributed by atoms with E-state index in [9.17, 15) is 9.90 Å². The highest BCUT2D eigenvalue weighted by atomic mass is 16.4. The molecule has 6 rings (SSSR count). The number of benzene rings is 1. The lowest BCUT2D eigenvalue weighted by atomic mass is 10.1. The minimum absolute atomic E-state index is 0.131. The van der Waals surface area contributed by atoms with Crippen LogP contribution in [0.15, 0.2) is 83.5 Å². The Hall–Kier alpha value is -5.16. The van der Waals surface area contributed by atoms with E-state index >= 15 is 0 Å². The van der Waals surface area contributed by atoms with Crippen LogP contribution in [0.2, 0.25) is 0 Å². The number of hydrogen-bond acceptors (Lipinski definition) is 10. The van der Waals surface area contributed by atoms with Crippen molar-refractivity contribution in [3.63, 3.8) is 0 Å². The quantitative estimate of drug-likeness (QED) is 0.245. The van der Waals surface area contributed by atoms with Crippen molar-refractivity contribution < 1.29 is 14.3 Å². The van der Waals surface area contributed by atoms with Gasteiger partial charge in [-0.3, -0.25) is 9.78 Å². The summed E-state index contributed by atoms with van der Waals surface area (Å²) < 4.78 is 5.94. The SMILES string of the molecule is O=C1NCc2nc(Nc3cc(N[C@H](CO)c4ccccc4)c(-c4nnc(-c5ccccn5)o4)cn3)ccc21. The molecule has 0 saturated carbocycles. The Kier molecular flexibility index (Phi) is 6.16. The molecule has 4 N–H and O–H groups in total. The Morgan fingerprint density at radius 3 is 2.61 bits per heavy atom. The van der Waals surface area contributed by atoms with Crippen molar-refractivity contribution >= 4 is 23.2 Å². The number of amides is 1. The molecule has 0 saturated heterocycles. The van der Waals surface area contributed by atoms with Crippen molar-refractivity contribution in [3.05, 3.63) is 95.9 Å². The summed E-state index contributed by atoms with van der Waals surface area (Å²) in [5.41, 5.74) is 3.86. The molecule has 0 aliphatic carbocycles. The van der Waals surface area contributed by atoms with Gasteiger partial charge in [0.15, 0.2) is 0 Å². The molecule has 0 fully saturated rings. The molecule has 1 aromatic carbocycles. The molecule has 0 spiro atoms. The monoisotopic (exact) mass is 506 g/mol. The molecule has 11 heteroatoms. The van der Waals surface area contributed by atoms with E-state index in [-0.39, 0.29) is 24.3 Å². The van der Waals surface area contributed by atoms with Crippen LogP contribution in [0.5, 0.6) is 0 Å². The second-order valence-corrected chi connectivity index (χ2v) is 8.53. The summed E-state index contributed by atoms with van der Waals surface area (Å²) in [4.78, 5) is 25.2. The third-order valence-electron chi connectivity index (χ3n) is 6.05. The van der Waals surface area contributed by atoms with E-state index in [1.54, 1.807) is 42.7 Å². The minimum Gasteiger partial charge on any atom is -0.414 e. The molecule has 0 unspecified atom stereocenters. The van der Waals surface area contributed by atoms with E-state index in [2.05, 4.69) is 41.1 Å². The Bertz CT molecular complexity index is 1590. The molecule has 0 bridgehead atoms. The first-order chi connectivity index (χ1) is 18.7. The van der Waals surface area contributed by atoms with Gasteiger partial charge in [-0.1, -0.05) is 36.4 Å². The van der Waals surface area contributed by atoms with E-state index in [1.165, 1.54) is 0 Å². The summed E-state index contributed by atoms with van der Waals surface area (Å²) in [6.45, 7) is 0.235. The van der Waals surface area contributed by atoms with E-state index in [1.807, 2.05) is 36.4 Å². The lowest BCUT2D eigenvalue weighted by Crippen LogP contribution is -2.15. The number of aromatic nitrogens is 5. The van der Waals surface area contributed by atoms with Gasteiger partial charge in [0.05, 0.1) is 41.7 Å². The number of anilines is 3. The number of rotatable bonds is 8. The highest BCUT2D eigenvalue weighted by Gasteiger charge is 2.22. The zero-order valence-corrected chi connectivity index (χ0v) is 20.0. The maximum atomic E-state index is 11.9. The number of pyridine rings is 3. The lowest BCUT2D eigenvalue weighted by molar-refractivity contribution is 0.0965. The molecule has 0 radical (unpaired) electrons. The zero-order chi connectivity index (χ0) is 25.9. The summed E-state index contributed by atoms with van der Waals surface area (Å²) in [6, 6.07) is 19.9. The Balaban J connectivity index is 1.35. The van der Waals surface area contributed by atoms with Gasteiger partial charge < -0.3 is 25.5 Å². The summed E-state index contributed by atoms with van der Waals surface area (Å²) in [5.74, 6) is 1.44. The fourth-order valence-electron chi connectivity index (χ4n) is 4.15. The highest BCUT2D eigenvalue weighted by molar-refractivity contribution is 5.98. The maximum Gasteiger partial charge on any atom is 0.266 e. The molecule has 1 atom stereocenters. The summed E-state index contributed by atoms with van der Waals surface area (Å²) in [7, 11) is 0. The molecule has 1 amide bonds. The van der Waals surface area contributed by atoms with E-state index in [0.29, 0.717) is 46.4 Å². The van der Waals surface area contributed by atoms with Crippen molar-refractivity contribution in [2.24, 2.45) is 0 Å². The Labute approximate surface area is 217 Å². The van der Waals surface area contributed by atoms with E-state index in [0.717, 1.165) is 5.56 Å². The fourth-order valence-corrected chi connectivity index (χ4v) is 4.15. The average molecular weight is 507 g/mol. The topological polar surface area (TPSA) is 151 Å². The van der Waals surface area contributed by atoms with Crippen molar-refractivity contribution in [3.8, 4) is 23.0 Å². The third-order valence-corrected chi connectivity index (χ3v) is 6.05. The smallest absolute Gasteiger partial charge is 0.266 e. The van der Waals surface area contributed by atoms with Crippen LogP contribution in [0.25, 0.3) is 23.0 Å². The molecular weight excluding hydrogens is 484 g/mol. The highest BCUT2D eigenvalue weighted by Crippen LogP contribution is 2.33. The molecular formula is C27H22N8O3. The standard InChI is InChI=1S/C27H22N8O3/c36-15-22(16-6-2-1-3-7-16)31-20-12-24(33-23-10-9-17-21(32-23)14-30-25(17)37)29-13-18(20)26-34-35-27(38-26)19-8-4-5-11-28-19/h1-13,22,36H,14-15H2,(H,30,37)(H2,29,31,32,33)/t22-/m1/s1. The normalized spacial score (nSPS) is 13.0. The lowest BCUT2D eigenvalue weighted by Gasteiger charge is -2.20. The first-order valence-electron chi connectivity index (χ1n) is 11.9. The molecule has 5 heterocycles. The first-order valence-corrected chi connectivity index (χ1v) is 11.9. The van der Waals surface area contributed by atoms with Gasteiger partial charge in [-0.2, -0.15) is 0 Å². The van der Waals surface area contributed by atoms with Crippen LogP contribution in [0.1, 0.15) is 27.7 Å². The second kappa shape index (κ2) is 10.1. The fraction of sp³-hybridized carbons (Fsp3) is 0.111. The van der Waals surface area contributed by atoms with Gasteiger partial charge in [0.1, 0.15) is 17.3 Å². The van der Waals surface area contributed by atoms with Crippen molar-refractivity contribution in [1.82, 2.24) is 30.5 Å². The van der Waals surface area contributed by atoms with Crippen LogP contribution < -0.4 is 16.0 Å². The van der Waals surface area contributed by atoms with Gasteiger partial charge in [-0.05, 0) is 29.8 Å². The van der Waals surface area contributed by atoms with E-state index in [4.69, 9.17) is 4.42 Å². The number of aliphatic hydroxyl groups excluding tert-OH is 1. The van der Waals surface area contributed by atoms with E-state index < -0.39 is 6.04 Å². The van der Waals surface area contributed by atoms with Gasteiger partial charge in [0.25, 0.3) is 17.7 Å². The second-order valence-electron chi connectivity index (χ2n) is 8.53. The number of fused-ring (bicyclic) bond motifs is 1. The Morgan fingerprint density at radius 2 is 1.79 bits per heavy atom. The maximum absolute atomic E-state index is 11.9. The number of carbonyl (C=O) groups excluding carboxylic acids is 1. The van der Waals surface area contributed by atoms with Crippen molar-refractivity contribution in [2.45, 2.75) is 12.6 Å². The summed E-state index contributed by atoms with van der Waals surface area (Å²) in [6.07, 6.45) is 3.26. The van der Waals surface area contributed by atoms with Crippen LogP contribution in [-0.2, 0) is 6.54 Å². The number of nitrogens with one attached hydrogen (secondary N) is 3. The Morgan fingerprint density at radius 1 is 0.947 bits per heavy atom. The van der Waals surface area contributed by atoms with Gasteiger partial charge in [-0.25, -0.2) is 9.97 Å². The molecule has 11 nitrogen and oxygen atoms in total. The summed E-state index contributed by atoms with van der Waals surface area (Å²) in [5, 5.41) is 27.9. The zero-order valence-electron chi connectivity index (χ0n) is 20.0. The molecule has 1 aliphatic rings. The summed E-state index contributed by atoms with van der Waals surface area (Å²) >= 11 is 0. The van der Waals surface area contributed by atoms with Gasteiger partial charge in [0, 0.05) is 18.5 Å². The number of nitrogens with zero attached hydrogens (tertiary/aromatic N) is 5. The van der Waals surface area contributed by atoms with Gasteiger partial charge in [0.2, 0.25) is 0 Å². The van der Waals surface area contributed by atoms with Crippen LogP contribution in [0, 0.1) is 0 Å². The molecule has 38 heavy (non-hydrogen) atoms. The number of carbonyl (C=O) groups is 1. The average Bonchev–Trinajstić information content (AvgIpc) is 3.60. The van der Waals surface area contributed by atoms with Crippen molar-refractivity contribution in [1.29, 1.82) is 0 Å². The molecule has 4 aromatic heterocycles. The van der Waals surface area contributed by atoms with Crippen LogP contribution >= 0.6 is 0 Å². The van der Waals surface area contributed by atoms with Gasteiger partial charge >= 0.3 is 0 Å². The van der Waals surface area contributed by atoms with Crippen LogP contribution in [0.4, 0.5) is 17.3 Å². The minimum atomic E-state index is -0.404. The molecule has 5 aromatic rings. The van der Waals surface area contributed by atoms with Crippen LogP contribution in [-0.4, -0.2) is 42.8 Å². The largest absolute Gasteiger partial charge is 0.414 e. The number of hydrogen-bond donors (Lipinski definition) is 4. The third kappa shape index (κ3) is 4.65. The van der Waals surface area contributed by atoms with Crippen molar-refractivity contribution in [2.75, 3.05) is 17.2 Å². The predicted octanol–water partition coefficient (Wildman–Crippen LogP) is 3.72. The van der Waals surface area contributed by atoms with Gasteiger partial charge in [-0.15, -0.1) is 10.2 Å². The first kappa shape index (κ1) is 23.3. The molecule has 1 aliphatic heterocycles. The number of aliphatic hydroxyl groups is 1. The predicted molar refractivity (Wildman–Crippen MR) is 139 cm³/mol. The van der Waals surface area contributed by atoms with Crippen LogP contribution in [0.3, 0.4) is 0 Å². The molecule has 188 valence electrons.